The normalized spacial score (nSPS) is 12.0. The second kappa shape index (κ2) is 8.49. The highest BCUT2D eigenvalue weighted by molar-refractivity contribution is 6.02. The summed E-state index contributed by atoms with van der Waals surface area (Å²) < 4.78 is 39.9. The van der Waals surface area contributed by atoms with Gasteiger partial charge in [0.05, 0.1) is 27.4 Å². The highest BCUT2D eigenvalue weighted by Crippen LogP contribution is 2.30. The van der Waals surface area contributed by atoms with Crippen LogP contribution in [0.25, 0.3) is 5.69 Å². The van der Waals surface area contributed by atoms with Crippen molar-refractivity contribution in [3.05, 3.63) is 91.4 Å². The molecular weight excluding hydrogens is 431 g/mol. The zero-order valence-electron chi connectivity index (χ0n) is 16.7. The number of aromatic nitrogens is 2. The molecule has 9 nitrogen and oxygen atoms in total. The van der Waals surface area contributed by atoms with E-state index in [2.05, 4.69) is 15.6 Å². The van der Waals surface area contributed by atoms with Crippen molar-refractivity contribution >= 4 is 17.3 Å². The van der Waals surface area contributed by atoms with Crippen molar-refractivity contribution in [1.82, 2.24) is 15.2 Å². The van der Waals surface area contributed by atoms with Crippen LogP contribution in [0.2, 0.25) is 0 Å². The number of nitrogens with zero attached hydrogens (tertiary/aromatic N) is 3. The maximum Gasteiger partial charge on any atom is 0.416 e. The van der Waals surface area contributed by atoms with Gasteiger partial charge in [0, 0.05) is 11.8 Å². The molecule has 0 saturated heterocycles. The maximum atomic E-state index is 13.0. The smallest absolute Gasteiger partial charge is 0.295 e. The number of nitro groups is 1. The minimum atomic E-state index is -4.58. The lowest BCUT2D eigenvalue weighted by Gasteiger charge is -2.08. The Bertz CT molecular complexity index is 1290. The van der Waals surface area contributed by atoms with Crippen molar-refractivity contribution in [3.63, 3.8) is 0 Å². The van der Waals surface area contributed by atoms with Crippen LogP contribution in [0.5, 0.6) is 0 Å². The first-order chi connectivity index (χ1) is 15.0. The molecule has 12 heteroatoms. The van der Waals surface area contributed by atoms with Gasteiger partial charge in [0.1, 0.15) is 5.56 Å². The van der Waals surface area contributed by atoms with Crippen LogP contribution in [0.1, 0.15) is 34.1 Å². The van der Waals surface area contributed by atoms with Gasteiger partial charge in [-0.3, -0.25) is 24.8 Å². The number of aryl methyl sites for hydroxylation is 1. The lowest BCUT2D eigenvalue weighted by atomic mass is 10.1. The molecule has 0 unspecified atom stereocenters. The number of benzene rings is 2. The number of hydrogen-bond acceptors (Lipinski definition) is 5. The maximum absolute atomic E-state index is 13.0. The molecule has 32 heavy (non-hydrogen) atoms. The molecule has 0 atom stereocenters. The third-order valence-electron chi connectivity index (χ3n) is 4.54. The number of H-pyrrole nitrogens is 1. The largest absolute Gasteiger partial charge is 0.416 e. The first kappa shape index (κ1) is 22.5. The van der Waals surface area contributed by atoms with Crippen molar-refractivity contribution in [2.24, 2.45) is 5.10 Å². The van der Waals surface area contributed by atoms with Crippen molar-refractivity contribution in [2.75, 3.05) is 0 Å². The Balaban J connectivity index is 1.92. The van der Waals surface area contributed by atoms with Gasteiger partial charge in [-0.2, -0.15) is 18.3 Å². The third kappa shape index (κ3) is 4.43. The number of hydrogen-bond donors (Lipinski definition) is 2. The standard InChI is InChI=1S/C20H16F3N5O4/c1-11(24-25-18(29)15-8-3-4-9-16(15)28(31)32)17-12(2)26-27(19(17)30)14-7-5-6-13(10-14)20(21,22)23/h3-10,26H,1-2H3,(H,25,29)/b24-11+. The SMILES string of the molecule is C/C(=N\NC(=O)c1ccccc1[N+](=O)[O-])c1c(C)[nH]n(-c2cccc(C(F)(F)F)c2)c1=O. The van der Waals surface area contributed by atoms with Crippen LogP contribution in [0.15, 0.2) is 58.4 Å². The number of aromatic amines is 1. The second-order valence-electron chi connectivity index (χ2n) is 6.71. The number of alkyl halides is 3. The van der Waals surface area contributed by atoms with E-state index in [1.54, 1.807) is 0 Å². The van der Waals surface area contributed by atoms with Gasteiger partial charge < -0.3 is 0 Å². The summed E-state index contributed by atoms with van der Waals surface area (Å²) in [5.74, 6) is -0.858. The summed E-state index contributed by atoms with van der Waals surface area (Å²) in [5.41, 5.74) is 0.285. The molecule has 0 saturated carbocycles. The van der Waals surface area contributed by atoms with Gasteiger partial charge in [-0.15, -0.1) is 0 Å². The van der Waals surface area contributed by atoms with Crippen LogP contribution in [0.4, 0.5) is 18.9 Å². The number of nitro benzene ring substituents is 1. The molecule has 166 valence electrons. The molecule has 0 fully saturated rings. The van der Waals surface area contributed by atoms with Crippen molar-refractivity contribution in [1.29, 1.82) is 0 Å². The molecule has 0 spiro atoms. The molecule has 1 amide bonds. The lowest BCUT2D eigenvalue weighted by Crippen LogP contribution is -2.24. The fourth-order valence-corrected chi connectivity index (χ4v) is 3.05. The number of nitrogens with one attached hydrogen (secondary N) is 2. The van der Waals surface area contributed by atoms with Crippen molar-refractivity contribution < 1.29 is 22.9 Å². The summed E-state index contributed by atoms with van der Waals surface area (Å²) in [5, 5.41) is 17.6. The molecule has 2 N–H and O–H groups in total. The highest BCUT2D eigenvalue weighted by Gasteiger charge is 2.31. The van der Waals surface area contributed by atoms with Crippen LogP contribution < -0.4 is 11.0 Å². The van der Waals surface area contributed by atoms with Crippen molar-refractivity contribution in [2.45, 2.75) is 20.0 Å². The van der Waals surface area contributed by atoms with E-state index in [0.29, 0.717) is 5.69 Å². The molecule has 0 radical (unpaired) electrons. The van der Waals surface area contributed by atoms with Crippen LogP contribution in [-0.4, -0.2) is 26.3 Å². The Kier molecular flexibility index (Phi) is 5.96. The Morgan fingerprint density at radius 3 is 2.53 bits per heavy atom. The van der Waals surface area contributed by atoms with Gasteiger partial charge in [-0.1, -0.05) is 18.2 Å². The predicted molar refractivity (Wildman–Crippen MR) is 109 cm³/mol. The average Bonchev–Trinajstić information content (AvgIpc) is 3.05. The number of carbonyl (C=O) groups is 1. The third-order valence-corrected chi connectivity index (χ3v) is 4.54. The zero-order valence-corrected chi connectivity index (χ0v) is 16.7. The molecule has 0 aliphatic rings. The van der Waals surface area contributed by atoms with Crippen LogP contribution in [-0.2, 0) is 6.18 Å². The summed E-state index contributed by atoms with van der Waals surface area (Å²) in [6, 6.07) is 9.48. The van der Waals surface area contributed by atoms with E-state index in [1.807, 2.05) is 0 Å². The lowest BCUT2D eigenvalue weighted by molar-refractivity contribution is -0.385. The molecule has 3 rings (SSSR count). The molecule has 2 aromatic carbocycles. The minimum Gasteiger partial charge on any atom is -0.295 e. The van der Waals surface area contributed by atoms with Crippen LogP contribution in [0, 0.1) is 17.0 Å². The second-order valence-corrected chi connectivity index (χ2v) is 6.71. The number of amides is 1. The van der Waals surface area contributed by atoms with Gasteiger partial charge in [0.25, 0.3) is 17.2 Å². The van der Waals surface area contributed by atoms with Gasteiger partial charge in [-0.05, 0) is 38.1 Å². The van der Waals surface area contributed by atoms with E-state index in [-0.39, 0.29) is 22.5 Å². The quantitative estimate of drug-likeness (QED) is 0.353. The summed E-state index contributed by atoms with van der Waals surface area (Å²) in [6.07, 6.45) is -4.58. The molecule has 1 heterocycles. The topological polar surface area (TPSA) is 122 Å². The summed E-state index contributed by atoms with van der Waals surface area (Å²) in [6.45, 7) is 2.93. The van der Waals surface area contributed by atoms with E-state index < -0.39 is 33.8 Å². The number of carbonyl (C=O) groups excluding carboxylic acids is 1. The number of para-hydroxylation sites is 1. The van der Waals surface area contributed by atoms with E-state index in [0.717, 1.165) is 22.9 Å². The van der Waals surface area contributed by atoms with E-state index in [1.165, 1.54) is 44.2 Å². The van der Waals surface area contributed by atoms with Gasteiger partial charge in [-0.25, -0.2) is 10.1 Å². The van der Waals surface area contributed by atoms with E-state index in [4.69, 9.17) is 0 Å². The van der Waals surface area contributed by atoms with Gasteiger partial charge in [0.15, 0.2) is 0 Å². The number of halogens is 3. The molecule has 0 aliphatic carbocycles. The first-order valence-corrected chi connectivity index (χ1v) is 9.08. The Morgan fingerprint density at radius 2 is 1.88 bits per heavy atom. The Labute approximate surface area is 178 Å². The molecular formula is C20H16F3N5O4. The minimum absolute atomic E-state index is 0.0316. The van der Waals surface area contributed by atoms with Gasteiger partial charge >= 0.3 is 6.18 Å². The number of hydrazone groups is 1. The molecule has 0 bridgehead atoms. The Morgan fingerprint density at radius 1 is 1.19 bits per heavy atom. The van der Waals surface area contributed by atoms with E-state index >= 15 is 0 Å². The molecule has 0 aliphatic heterocycles. The summed E-state index contributed by atoms with van der Waals surface area (Å²) in [4.78, 5) is 35.5. The zero-order chi connectivity index (χ0) is 23.6. The van der Waals surface area contributed by atoms with Crippen molar-refractivity contribution in [3.8, 4) is 5.69 Å². The van der Waals surface area contributed by atoms with Gasteiger partial charge in [0.2, 0.25) is 0 Å². The first-order valence-electron chi connectivity index (χ1n) is 9.08. The fraction of sp³-hybridized carbons (Fsp3) is 0.150. The Hall–Kier alpha value is -4.22. The van der Waals surface area contributed by atoms with Crippen LogP contribution >= 0.6 is 0 Å². The molecule has 1 aromatic heterocycles. The fourth-order valence-electron chi connectivity index (χ4n) is 3.05. The monoisotopic (exact) mass is 447 g/mol. The molecule has 3 aromatic rings. The summed E-state index contributed by atoms with van der Waals surface area (Å²) in [7, 11) is 0. The van der Waals surface area contributed by atoms with Crippen LogP contribution in [0.3, 0.4) is 0 Å². The van der Waals surface area contributed by atoms with E-state index in [9.17, 15) is 32.9 Å². The average molecular weight is 447 g/mol. The predicted octanol–water partition coefficient (Wildman–Crippen LogP) is 3.56. The number of rotatable bonds is 5. The highest BCUT2D eigenvalue weighted by atomic mass is 19.4. The summed E-state index contributed by atoms with van der Waals surface area (Å²) >= 11 is 0.